The summed E-state index contributed by atoms with van der Waals surface area (Å²) in [7, 11) is 4.43. The van der Waals surface area contributed by atoms with Gasteiger partial charge in [-0.2, -0.15) is 0 Å². The van der Waals surface area contributed by atoms with Crippen LogP contribution in [0.2, 0.25) is 0 Å². The molecule has 0 saturated carbocycles. The van der Waals surface area contributed by atoms with Gasteiger partial charge in [0, 0.05) is 93.8 Å². The number of rotatable bonds is 23. The maximum Gasteiger partial charge on any atom is 0.0769 e. The highest BCUT2D eigenvalue weighted by molar-refractivity contribution is 6.04. The number of benzene rings is 2. The van der Waals surface area contributed by atoms with Gasteiger partial charge in [0.1, 0.15) is 0 Å². The number of H-pyrrole nitrogens is 4. The molecule has 0 spiro atoms. The van der Waals surface area contributed by atoms with E-state index in [1.165, 1.54) is 157 Å². The summed E-state index contributed by atoms with van der Waals surface area (Å²) in [6.45, 7) is 37.9. The molecule has 4 N–H and O–H groups in total. The highest BCUT2D eigenvalue weighted by Crippen LogP contribution is 2.46. The van der Waals surface area contributed by atoms with Crippen molar-refractivity contribution in [2.45, 2.75) is 214 Å². The van der Waals surface area contributed by atoms with Crippen LogP contribution in [0.3, 0.4) is 0 Å². The standard InChI is InChI=1S/C88H108N10/c1-19-23-27-31-67-60(14)77-47-74-54(8)56(10)85(94-74)83(86-57(11)55(9)75(95-86)48-78-61(15)68(32-28-24-20-2)80(92-78)49-79(67)91-77)63-35-39-65(40-36-63)97(17)43-44-98(18)66-41-37-64(38-42-66)84-87-58(12)53(7)73(93-87)45-71-51(5)52(6)72(89-71)46-76-59(13)69(33-29-25-21-3)81(90-76)50-82-70(34-30-26-22-4)62(16)88(84)96-82/h35-42,45-50,89-92H,19-34,43-44H2,1-18H3. The molecule has 4 aliphatic heterocycles. The normalized spacial score (nSPS) is 13.4. The number of nitrogens with one attached hydrogen (secondary N) is 4. The van der Waals surface area contributed by atoms with Gasteiger partial charge in [-0.15, -0.1) is 0 Å². The number of aryl methyl sites for hydroxylation is 8. The lowest BCUT2D eigenvalue weighted by molar-refractivity contribution is 0.718. The zero-order chi connectivity index (χ0) is 69.4. The Labute approximate surface area is 584 Å². The summed E-state index contributed by atoms with van der Waals surface area (Å²) in [4.78, 5) is 43.1. The van der Waals surface area contributed by atoms with Crippen LogP contribution in [0, 0.1) is 34.6 Å². The number of likely N-dealkylation sites (N-methyl/N-ethyl adjacent to an activating group) is 2. The van der Waals surface area contributed by atoms with Crippen LogP contribution in [0.5, 0.6) is 0 Å². The van der Waals surface area contributed by atoms with Crippen molar-refractivity contribution >= 4 is 100 Å². The van der Waals surface area contributed by atoms with Gasteiger partial charge in [0.15, 0.2) is 0 Å². The van der Waals surface area contributed by atoms with Crippen molar-refractivity contribution in [2.75, 3.05) is 37.0 Å². The summed E-state index contributed by atoms with van der Waals surface area (Å²) in [6, 6.07) is 32.3. The predicted octanol–water partition coefficient (Wildman–Crippen LogP) is 24.0. The van der Waals surface area contributed by atoms with Gasteiger partial charge in [0.05, 0.1) is 45.6 Å². The third-order valence-electron chi connectivity index (χ3n) is 22.7. The Morgan fingerprint density at radius 1 is 0.296 bits per heavy atom. The molecule has 0 saturated heterocycles. The van der Waals surface area contributed by atoms with E-state index < -0.39 is 0 Å². The van der Waals surface area contributed by atoms with E-state index in [4.69, 9.17) is 19.9 Å². The lowest BCUT2D eigenvalue weighted by Crippen LogP contribution is -2.30. The number of unbranched alkanes of at least 4 members (excludes halogenated alkanes) is 8. The van der Waals surface area contributed by atoms with Crippen molar-refractivity contribution in [3.05, 3.63) is 175 Å². The molecule has 0 amide bonds. The average molecular weight is 1310 g/mol. The molecule has 0 aliphatic carbocycles. The van der Waals surface area contributed by atoms with E-state index in [1.807, 2.05) is 0 Å². The molecule has 2 aromatic carbocycles. The topological polar surface area (TPSA) is 121 Å². The molecule has 4 aliphatic rings. The van der Waals surface area contributed by atoms with Gasteiger partial charge in [-0.05, 0) is 295 Å². The summed E-state index contributed by atoms with van der Waals surface area (Å²) in [5.41, 5.74) is 44.3. The van der Waals surface area contributed by atoms with Crippen LogP contribution in [-0.2, 0) is 19.3 Å². The number of aromatic nitrogens is 8. The first-order chi connectivity index (χ1) is 47.2. The highest BCUT2D eigenvalue weighted by atomic mass is 15.2. The lowest BCUT2D eigenvalue weighted by atomic mass is 9.93. The smallest absolute Gasteiger partial charge is 0.0769 e. The first-order valence-corrected chi connectivity index (χ1v) is 37.1. The minimum absolute atomic E-state index is 0.820. The van der Waals surface area contributed by atoms with Gasteiger partial charge >= 0.3 is 0 Å². The van der Waals surface area contributed by atoms with E-state index in [1.54, 1.807) is 0 Å². The van der Waals surface area contributed by atoms with Crippen LogP contribution in [0.4, 0.5) is 11.4 Å². The number of hydrogen-bond acceptors (Lipinski definition) is 6. The molecule has 16 bridgehead atoms. The van der Waals surface area contributed by atoms with Gasteiger partial charge in [-0.1, -0.05) is 103 Å². The molecule has 8 aromatic rings. The zero-order valence-corrected chi connectivity index (χ0v) is 62.5. The average Bonchev–Trinajstić information content (AvgIpc) is 1.60. The molecule has 0 fully saturated rings. The quantitative estimate of drug-likeness (QED) is 0.0474. The van der Waals surface area contributed by atoms with Gasteiger partial charge in [0.2, 0.25) is 0 Å². The van der Waals surface area contributed by atoms with Crippen molar-refractivity contribution in [1.82, 2.24) is 39.9 Å². The molecule has 12 rings (SSSR count). The Kier molecular flexibility index (Phi) is 20.7. The molecule has 10 heterocycles. The Balaban J connectivity index is 0.898. The number of fused-ring (bicyclic) bond motifs is 16. The fourth-order valence-corrected chi connectivity index (χ4v) is 15.4. The minimum atomic E-state index is 0.820. The Hall–Kier alpha value is -8.76. The van der Waals surface area contributed by atoms with Crippen LogP contribution < -0.4 is 9.80 Å². The van der Waals surface area contributed by atoms with Gasteiger partial charge in [0.25, 0.3) is 0 Å². The van der Waals surface area contributed by atoms with E-state index in [0.717, 1.165) is 171 Å². The van der Waals surface area contributed by atoms with Crippen molar-refractivity contribution in [3.63, 3.8) is 0 Å². The predicted molar refractivity (Wildman–Crippen MR) is 424 cm³/mol. The summed E-state index contributed by atoms with van der Waals surface area (Å²) in [5, 5.41) is 0. The van der Waals surface area contributed by atoms with E-state index in [-0.39, 0.29) is 0 Å². The summed E-state index contributed by atoms with van der Waals surface area (Å²) in [6.07, 6.45) is 18.2. The molecular formula is C88H108N10. The van der Waals surface area contributed by atoms with Crippen LogP contribution in [0.25, 0.3) is 111 Å². The Morgan fingerprint density at radius 2 is 0.582 bits per heavy atom. The van der Waals surface area contributed by atoms with Gasteiger partial charge in [-0.3, -0.25) is 0 Å². The maximum absolute atomic E-state index is 5.77. The van der Waals surface area contributed by atoms with E-state index >= 15 is 0 Å². The van der Waals surface area contributed by atoms with E-state index in [9.17, 15) is 0 Å². The first kappa shape index (κ1) is 69.2. The molecule has 0 unspecified atom stereocenters. The van der Waals surface area contributed by atoms with Crippen LogP contribution >= 0.6 is 0 Å². The minimum Gasteiger partial charge on any atom is -0.373 e. The van der Waals surface area contributed by atoms with Gasteiger partial charge in [-0.25, -0.2) is 19.9 Å². The van der Waals surface area contributed by atoms with Crippen LogP contribution in [0.15, 0.2) is 84.9 Å². The van der Waals surface area contributed by atoms with Crippen molar-refractivity contribution in [3.8, 4) is 22.3 Å². The first-order valence-electron chi connectivity index (χ1n) is 37.1. The Bertz CT molecular complexity index is 4760. The molecule has 510 valence electrons. The van der Waals surface area contributed by atoms with Gasteiger partial charge < -0.3 is 29.7 Å². The highest BCUT2D eigenvalue weighted by Gasteiger charge is 2.29. The molecule has 98 heavy (non-hydrogen) atoms. The lowest BCUT2D eigenvalue weighted by Gasteiger charge is -2.25. The number of aromatic amines is 4. The summed E-state index contributed by atoms with van der Waals surface area (Å²) in [5.74, 6) is 0. The van der Waals surface area contributed by atoms with E-state index in [2.05, 4.69) is 240 Å². The van der Waals surface area contributed by atoms with Crippen molar-refractivity contribution in [1.29, 1.82) is 0 Å². The maximum atomic E-state index is 5.77. The second-order valence-corrected chi connectivity index (χ2v) is 29.0. The Morgan fingerprint density at radius 3 is 0.959 bits per heavy atom. The van der Waals surface area contributed by atoms with Crippen molar-refractivity contribution < 1.29 is 0 Å². The van der Waals surface area contributed by atoms with Crippen molar-refractivity contribution in [2.24, 2.45) is 0 Å². The molecular weight excluding hydrogens is 1200 g/mol. The number of nitrogens with zero attached hydrogens (tertiary/aromatic N) is 6. The van der Waals surface area contributed by atoms with Crippen LogP contribution in [-0.4, -0.2) is 67.1 Å². The third kappa shape index (κ3) is 13.4. The SMILES string of the molecule is CCCCCC1=C(C)c2nc1cc1[nH]c(cc3[nH]c(cc4nc(c2-c2ccc(N(C)CCN(C)c5ccc(-c6c7nc(cc8[nH]c(cc9[nH]c(cc%10nc6C(C)=C%10C)c(C)c9CCCCC)c(CCCCC)c8C)C(C)=C7C)cc5)cc2)C(C)=C4C)c(C)c3C)c(C)c1CCCCC. The largest absolute Gasteiger partial charge is 0.373 e. The monoisotopic (exact) mass is 1300 g/mol. The second kappa shape index (κ2) is 29.4. The second-order valence-electron chi connectivity index (χ2n) is 29.0. The number of allylic oxidation sites excluding steroid dienone is 8. The summed E-state index contributed by atoms with van der Waals surface area (Å²) < 4.78 is 0. The summed E-state index contributed by atoms with van der Waals surface area (Å²) >= 11 is 0. The van der Waals surface area contributed by atoms with E-state index in [0.29, 0.717) is 0 Å². The zero-order valence-electron chi connectivity index (χ0n) is 62.5. The third-order valence-corrected chi connectivity index (χ3v) is 22.7. The molecule has 10 nitrogen and oxygen atoms in total. The molecule has 0 radical (unpaired) electrons. The molecule has 0 atom stereocenters. The molecule has 10 heteroatoms. The fraction of sp³-hybridized carbons (Fsp3) is 0.409. The number of anilines is 2. The fourth-order valence-electron chi connectivity index (χ4n) is 15.4. The van der Waals surface area contributed by atoms with Crippen LogP contribution in [0.1, 0.15) is 250 Å². The molecule has 6 aromatic heterocycles. The number of hydrogen-bond donors (Lipinski definition) is 4.